The van der Waals surface area contributed by atoms with Crippen molar-refractivity contribution in [2.24, 2.45) is 5.92 Å². The van der Waals surface area contributed by atoms with Crippen molar-refractivity contribution in [3.63, 3.8) is 0 Å². The quantitative estimate of drug-likeness (QED) is 0.506. The fourth-order valence-electron chi connectivity index (χ4n) is 3.75. The second kappa shape index (κ2) is 8.56. The van der Waals surface area contributed by atoms with Crippen LogP contribution < -0.4 is 9.47 Å². The van der Waals surface area contributed by atoms with Crippen molar-refractivity contribution in [3.8, 4) is 11.5 Å². The van der Waals surface area contributed by atoms with Crippen molar-refractivity contribution in [3.05, 3.63) is 45.8 Å². The van der Waals surface area contributed by atoms with Crippen LogP contribution in [0.5, 0.6) is 11.5 Å². The lowest BCUT2D eigenvalue weighted by molar-refractivity contribution is -0.143. The van der Waals surface area contributed by atoms with E-state index >= 15 is 0 Å². The van der Waals surface area contributed by atoms with Gasteiger partial charge in [-0.05, 0) is 72.0 Å². The largest absolute Gasteiger partial charge is 0.497 e. The zero-order valence-electron chi connectivity index (χ0n) is 16.0. The first kappa shape index (κ1) is 19.9. The molecule has 0 atom stereocenters. The minimum atomic E-state index is -0.705. The molecule has 1 aromatic carbocycles. The highest BCUT2D eigenvalue weighted by Crippen LogP contribution is 2.33. The van der Waals surface area contributed by atoms with Crippen molar-refractivity contribution in [1.29, 1.82) is 0 Å². The van der Waals surface area contributed by atoms with Crippen LogP contribution in [0, 0.1) is 9.62 Å². The van der Waals surface area contributed by atoms with Gasteiger partial charge in [0.05, 0.1) is 31.1 Å². The number of benzene rings is 1. The average Bonchev–Trinajstić information content (AvgIpc) is 3.05. The van der Waals surface area contributed by atoms with Gasteiger partial charge in [0.1, 0.15) is 15.2 Å². The van der Waals surface area contributed by atoms with Gasteiger partial charge < -0.3 is 14.6 Å². The molecule has 152 valence electrons. The molecule has 0 unspecified atom stereocenters. The number of rotatable bonds is 6. The second-order valence-corrected chi connectivity index (χ2v) is 8.26. The van der Waals surface area contributed by atoms with Gasteiger partial charge in [0.2, 0.25) is 0 Å². The summed E-state index contributed by atoms with van der Waals surface area (Å²) in [6, 6.07) is 9.76. The summed E-state index contributed by atoms with van der Waals surface area (Å²) in [7, 11) is 1.65. The van der Waals surface area contributed by atoms with E-state index in [2.05, 4.69) is 32.7 Å². The summed E-state index contributed by atoms with van der Waals surface area (Å²) in [5.74, 6) is 0.628. The molecule has 3 aromatic rings. The predicted molar refractivity (Wildman–Crippen MR) is 116 cm³/mol. The molecule has 0 radical (unpaired) electrons. The SMILES string of the molecule is COc1ccc(Cn2nc(I)c3c(O[C@H]4CC[C@H](C(=O)O)CC4)ccnc32)cc1. The Kier molecular flexibility index (Phi) is 5.89. The van der Waals surface area contributed by atoms with E-state index in [1.165, 1.54) is 0 Å². The van der Waals surface area contributed by atoms with Gasteiger partial charge in [-0.3, -0.25) is 4.79 Å². The monoisotopic (exact) mass is 507 g/mol. The fraction of sp³-hybridized carbons (Fsp3) is 0.381. The number of carboxylic acid groups (broad SMARTS) is 1. The Bertz CT molecular complexity index is 1010. The van der Waals surface area contributed by atoms with Gasteiger partial charge in [-0.15, -0.1) is 0 Å². The molecule has 8 heteroatoms. The molecule has 1 aliphatic carbocycles. The molecule has 0 aliphatic heterocycles. The van der Waals surface area contributed by atoms with Crippen molar-refractivity contribution in [1.82, 2.24) is 14.8 Å². The maximum Gasteiger partial charge on any atom is 0.306 e. The number of nitrogens with zero attached hydrogens (tertiary/aromatic N) is 3. The number of ether oxygens (including phenoxy) is 2. The van der Waals surface area contributed by atoms with Crippen LogP contribution in [0.3, 0.4) is 0 Å². The highest BCUT2D eigenvalue weighted by Gasteiger charge is 2.27. The average molecular weight is 507 g/mol. The molecule has 1 N–H and O–H groups in total. The zero-order valence-corrected chi connectivity index (χ0v) is 18.2. The van der Waals surface area contributed by atoms with Gasteiger partial charge in [-0.2, -0.15) is 5.10 Å². The Hall–Kier alpha value is -2.36. The van der Waals surface area contributed by atoms with Crippen molar-refractivity contribution >= 4 is 39.6 Å². The highest BCUT2D eigenvalue weighted by atomic mass is 127. The number of hydrogen-bond acceptors (Lipinski definition) is 5. The number of aliphatic carboxylic acids is 1. The highest BCUT2D eigenvalue weighted by molar-refractivity contribution is 14.1. The Labute approximate surface area is 182 Å². The molecule has 7 nitrogen and oxygen atoms in total. The van der Waals surface area contributed by atoms with E-state index in [0.29, 0.717) is 19.4 Å². The van der Waals surface area contributed by atoms with Gasteiger partial charge in [0.15, 0.2) is 5.65 Å². The van der Waals surface area contributed by atoms with Gasteiger partial charge in [0.25, 0.3) is 0 Å². The zero-order chi connectivity index (χ0) is 20.4. The van der Waals surface area contributed by atoms with Gasteiger partial charge in [0, 0.05) is 6.20 Å². The molecule has 4 rings (SSSR count). The van der Waals surface area contributed by atoms with Crippen LogP contribution >= 0.6 is 22.6 Å². The Morgan fingerprint density at radius 3 is 2.59 bits per heavy atom. The van der Waals surface area contributed by atoms with Crippen LogP contribution in [-0.2, 0) is 11.3 Å². The molecule has 1 fully saturated rings. The minimum Gasteiger partial charge on any atom is -0.497 e. The third-order valence-corrected chi connectivity index (χ3v) is 6.12. The molecule has 2 aromatic heterocycles. The standard InChI is InChI=1S/C21H22IN3O4/c1-28-15-6-2-13(3-7-15)12-25-20-18(19(22)24-25)17(10-11-23-20)29-16-8-4-14(5-9-16)21(26)27/h2-3,6-7,10-11,14,16H,4-5,8-9,12H2,1H3,(H,26,27)/t14-,16-. The first-order valence-corrected chi connectivity index (χ1v) is 10.7. The van der Waals surface area contributed by atoms with E-state index in [9.17, 15) is 9.90 Å². The summed E-state index contributed by atoms with van der Waals surface area (Å²) in [5, 5.41) is 14.8. The number of aromatic nitrogens is 3. The topological polar surface area (TPSA) is 86.5 Å². The van der Waals surface area contributed by atoms with E-state index in [1.807, 2.05) is 35.0 Å². The third kappa shape index (κ3) is 4.31. The second-order valence-electron chi connectivity index (χ2n) is 7.23. The Morgan fingerprint density at radius 1 is 1.21 bits per heavy atom. The van der Waals surface area contributed by atoms with Crippen molar-refractivity contribution in [2.45, 2.75) is 38.3 Å². The lowest BCUT2D eigenvalue weighted by Crippen LogP contribution is -2.27. The lowest BCUT2D eigenvalue weighted by Gasteiger charge is -2.27. The minimum absolute atomic E-state index is 0.0249. The normalized spacial score (nSPS) is 19.2. The summed E-state index contributed by atoms with van der Waals surface area (Å²) in [5.41, 5.74) is 1.88. The third-order valence-electron chi connectivity index (χ3n) is 5.36. The van der Waals surface area contributed by atoms with Crippen LogP contribution in [-0.4, -0.2) is 39.1 Å². The first-order chi connectivity index (χ1) is 14.0. The molecule has 0 saturated heterocycles. The summed E-state index contributed by atoms with van der Waals surface area (Å²) < 4.78 is 14.2. The van der Waals surface area contributed by atoms with Crippen LogP contribution in [0.25, 0.3) is 11.0 Å². The molecule has 0 amide bonds. The summed E-state index contributed by atoms with van der Waals surface area (Å²) in [4.78, 5) is 15.7. The molecule has 29 heavy (non-hydrogen) atoms. The van der Waals surface area contributed by atoms with Gasteiger partial charge in [-0.1, -0.05) is 12.1 Å². The number of carboxylic acids is 1. The van der Waals surface area contributed by atoms with Crippen LogP contribution in [0.15, 0.2) is 36.5 Å². The Morgan fingerprint density at radius 2 is 1.93 bits per heavy atom. The van der Waals surface area contributed by atoms with E-state index in [4.69, 9.17) is 9.47 Å². The molecule has 1 aliphatic rings. The number of carbonyl (C=O) groups is 1. The smallest absolute Gasteiger partial charge is 0.306 e. The van der Waals surface area contributed by atoms with Crippen LogP contribution in [0.1, 0.15) is 31.2 Å². The van der Waals surface area contributed by atoms with E-state index in [0.717, 1.165) is 44.6 Å². The lowest BCUT2D eigenvalue weighted by atomic mass is 9.87. The summed E-state index contributed by atoms with van der Waals surface area (Å²) >= 11 is 2.22. The van der Waals surface area contributed by atoms with Crippen LogP contribution in [0.2, 0.25) is 0 Å². The molecule has 0 bridgehead atoms. The van der Waals surface area contributed by atoms with Crippen molar-refractivity contribution < 1.29 is 19.4 Å². The molecular weight excluding hydrogens is 485 g/mol. The first-order valence-electron chi connectivity index (χ1n) is 9.58. The van der Waals surface area contributed by atoms with Gasteiger partial charge >= 0.3 is 5.97 Å². The predicted octanol–water partition coefficient (Wildman–Crippen LogP) is 4.12. The number of pyridine rings is 1. The molecular formula is C21H22IN3O4. The molecule has 2 heterocycles. The van der Waals surface area contributed by atoms with Crippen molar-refractivity contribution in [2.75, 3.05) is 7.11 Å². The molecule has 0 spiro atoms. The molecule has 1 saturated carbocycles. The summed E-state index contributed by atoms with van der Waals surface area (Å²) in [6.07, 6.45) is 4.57. The fourth-order valence-corrected chi connectivity index (χ4v) is 4.51. The van der Waals surface area contributed by atoms with Gasteiger partial charge in [-0.25, -0.2) is 9.67 Å². The Balaban J connectivity index is 1.55. The van der Waals surface area contributed by atoms with E-state index in [1.54, 1.807) is 13.3 Å². The maximum absolute atomic E-state index is 11.2. The summed E-state index contributed by atoms with van der Waals surface area (Å²) in [6.45, 7) is 0.601. The number of halogens is 1. The maximum atomic E-state index is 11.2. The number of fused-ring (bicyclic) bond motifs is 1. The van der Waals surface area contributed by atoms with Crippen LogP contribution in [0.4, 0.5) is 0 Å². The number of methoxy groups -OCH3 is 1. The van der Waals surface area contributed by atoms with E-state index < -0.39 is 5.97 Å². The number of hydrogen-bond donors (Lipinski definition) is 1. The van der Waals surface area contributed by atoms with E-state index in [-0.39, 0.29) is 12.0 Å².